The van der Waals surface area contributed by atoms with Gasteiger partial charge < -0.3 is 15.5 Å². The van der Waals surface area contributed by atoms with E-state index in [1.54, 1.807) is 30.3 Å². The number of amides is 1. The zero-order valence-corrected chi connectivity index (χ0v) is 15.7. The van der Waals surface area contributed by atoms with E-state index in [1.165, 1.54) is 24.3 Å². The molecule has 0 spiro atoms. The van der Waals surface area contributed by atoms with Crippen LogP contribution in [0.15, 0.2) is 54.6 Å². The second-order valence-electron chi connectivity index (χ2n) is 6.67. The molecule has 2 rings (SSSR count). The van der Waals surface area contributed by atoms with Crippen LogP contribution < -0.4 is 5.32 Å². The SMILES string of the molecule is O=C(O)CCC(=O)NC(CC(=O)O)C(c1ccc(-c2ccccc2)cc1)C(F)(F)F. The average molecular weight is 423 g/mol. The highest BCUT2D eigenvalue weighted by Crippen LogP contribution is 2.39. The van der Waals surface area contributed by atoms with E-state index in [0.29, 0.717) is 5.56 Å². The molecule has 0 aliphatic rings. The predicted octanol–water partition coefficient (Wildman–Crippen LogP) is 3.82. The van der Waals surface area contributed by atoms with Gasteiger partial charge in [-0.1, -0.05) is 54.6 Å². The second kappa shape index (κ2) is 9.91. The number of carbonyl (C=O) groups excluding carboxylic acids is 1. The standard InChI is InChI=1S/C21H20F3NO5/c22-21(23,24)20(16(12-19(29)30)25-17(26)10-11-18(27)28)15-8-6-14(7-9-15)13-4-2-1-3-5-13/h1-9,16,20H,10-12H2,(H,25,26)(H,27,28)(H,29,30). The van der Waals surface area contributed by atoms with Gasteiger partial charge in [-0.05, 0) is 16.7 Å². The number of nitrogens with one attached hydrogen (secondary N) is 1. The third kappa shape index (κ3) is 6.61. The Kier molecular flexibility index (Phi) is 7.57. The van der Waals surface area contributed by atoms with Crippen molar-refractivity contribution in [3.8, 4) is 11.1 Å². The maximum atomic E-state index is 13.9. The molecule has 2 atom stereocenters. The largest absolute Gasteiger partial charge is 0.481 e. The van der Waals surface area contributed by atoms with Gasteiger partial charge in [-0.15, -0.1) is 0 Å². The van der Waals surface area contributed by atoms with Crippen LogP contribution in [0.5, 0.6) is 0 Å². The lowest BCUT2D eigenvalue weighted by Crippen LogP contribution is -2.45. The van der Waals surface area contributed by atoms with Gasteiger partial charge >= 0.3 is 18.1 Å². The number of rotatable bonds is 9. The number of benzene rings is 2. The molecule has 30 heavy (non-hydrogen) atoms. The molecule has 160 valence electrons. The molecule has 0 saturated heterocycles. The Morgan fingerprint density at radius 2 is 1.40 bits per heavy atom. The van der Waals surface area contributed by atoms with Gasteiger partial charge in [0, 0.05) is 6.42 Å². The van der Waals surface area contributed by atoms with E-state index in [0.717, 1.165) is 5.56 Å². The number of aliphatic carboxylic acids is 2. The number of halogens is 3. The van der Waals surface area contributed by atoms with Gasteiger partial charge in [-0.25, -0.2) is 0 Å². The Labute approximate surface area is 170 Å². The normalized spacial score (nSPS) is 13.3. The molecule has 0 saturated carbocycles. The fourth-order valence-corrected chi connectivity index (χ4v) is 3.10. The summed E-state index contributed by atoms with van der Waals surface area (Å²) >= 11 is 0. The average Bonchev–Trinajstić information content (AvgIpc) is 2.66. The third-order valence-corrected chi connectivity index (χ3v) is 4.44. The molecular formula is C21H20F3NO5. The summed E-state index contributed by atoms with van der Waals surface area (Å²) in [6.07, 6.45) is -6.94. The molecule has 2 aromatic carbocycles. The molecule has 2 aromatic rings. The quantitative estimate of drug-likeness (QED) is 0.569. The van der Waals surface area contributed by atoms with Crippen molar-refractivity contribution in [2.75, 3.05) is 0 Å². The van der Waals surface area contributed by atoms with Crippen LogP contribution in [0.4, 0.5) is 13.2 Å². The first kappa shape index (κ1) is 22.9. The number of carbonyl (C=O) groups is 3. The maximum absolute atomic E-state index is 13.9. The molecule has 9 heteroatoms. The minimum Gasteiger partial charge on any atom is -0.481 e. The minimum absolute atomic E-state index is 0.202. The first-order chi connectivity index (χ1) is 14.1. The molecule has 0 radical (unpaired) electrons. The third-order valence-electron chi connectivity index (χ3n) is 4.44. The Morgan fingerprint density at radius 1 is 0.833 bits per heavy atom. The lowest BCUT2D eigenvalue weighted by Gasteiger charge is -2.29. The van der Waals surface area contributed by atoms with Crippen molar-refractivity contribution in [1.29, 1.82) is 0 Å². The number of carboxylic acids is 2. The maximum Gasteiger partial charge on any atom is 0.397 e. The van der Waals surface area contributed by atoms with Crippen LogP contribution in [-0.2, 0) is 14.4 Å². The van der Waals surface area contributed by atoms with Gasteiger partial charge in [0.1, 0.15) is 5.92 Å². The summed E-state index contributed by atoms with van der Waals surface area (Å²) in [6, 6.07) is 12.7. The van der Waals surface area contributed by atoms with Crippen LogP contribution in [0, 0.1) is 0 Å². The van der Waals surface area contributed by atoms with Crippen molar-refractivity contribution >= 4 is 17.8 Å². The van der Waals surface area contributed by atoms with E-state index in [1.807, 2.05) is 0 Å². The summed E-state index contributed by atoms with van der Waals surface area (Å²) in [4.78, 5) is 33.6. The first-order valence-corrected chi connectivity index (χ1v) is 9.03. The fourth-order valence-electron chi connectivity index (χ4n) is 3.10. The molecule has 1 amide bonds. The van der Waals surface area contributed by atoms with Gasteiger partial charge in [-0.2, -0.15) is 13.2 Å². The van der Waals surface area contributed by atoms with Crippen LogP contribution in [0.25, 0.3) is 11.1 Å². The van der Waals surface area contributed by atoms with Crippen molar-refractivity contribution in [3.63, 3.8) is 0 Å². The smallest absolute Gasteiger partial charge is 0.397 e. The van der Waals surface area contributed by atoms with Crippen LogP contribution in [-0.4, -0.2) is 40.3 Å². The lowest BCUT2D eigenvalue weighted by atomic mass is 9.87. The topological polar surface area (TPSA) is 104 Å². The zero-order chi connectivity index (χ0) is 22.3. The van der Waals surface area contributed by atoms with Crippen molar-refractivity contribution in [3.05, 3.63) is 60.2 Å². The van der Waals surface area contributed by atoms with Crippen LogP contribution in [0.3, 0.4) is 0 Å². The molecule has 0 aliphatic heterocycles. The van der Waals surface area contributed by atoms with Crippen molar-refractivity contribution in [2.24, 2.45) is 0 Å². The summed E-state index contributed by atoms with van der Waals surface area (Å²) in [5.41, 5.74) is 1.28. The van der Waals surface area contributed by atoms with E-state index < -0.39 is 55.2 Å². The van der Waals surface area contributed by atoms with Crippen molar-refractivity contribution in [2.45, 2.75) is 37.4 Å². The Morgan fingerprint density at radius 3 is 1.90 bits per heavy atom. The van der Waals surface area contributed by atoms with Crippen molar-refractivity contribution < 1.29 is 37.8 Å². The van der Waals surface area contributed by atoms with Crippen LogP contribution >= 0.6 is 0 Å². The Bertz CT molecular complexity index is 882. The molecule has 6 nitrogen and oxygen atoms in total. The highest BCUT2D eigenvalue weighted by molar-refractivity contribution is 5.81. The molecule has 0 fully saturated rings. The van der Waals surface area contributed by atoms with Gasteiger partial charge in [0.2, 0.25) is 5.91 Å². The monoisotopic (exact) mass is 423 g/mol. The van der Waals surface area contributed by atoms with Gasteiger partial charge in [-0.3, -0.25) is 14.4 Å². The second-order valence-corrected chi connectivity index (χ2v) is 6.67. The Hall–Kier alpha value is -3.36. The molecule has 2 unspecified atom stereocenters. The zero-order valence-electron chi connectivity index (χ0n) is 15.7. The molecular weight excluding hydrogens is 403 g/mol. The highest BCUT2D eigenvalue weighted by atomic mass is 19.4. The minimum atomic E-state index is -4.84. The summed E-state index contributed by atoms with van der Waals surface area (Å²) in [6.45, 7) is 0. The number of alkyl halides is 3. The molecule has 0 bridgehead atoms. The number of carboxylic acid groups (broad SMARTS) is 2. The molecule has 0 aliphatic carbocycles. The van der Waals surface area contributed by atoms with Gasteiger partial charge in [0.15, 0.2) is 0 Å². The highest BCUT2D eigenvalue weighted by Gasteiger charge is 2.47. The summed E-state index contributed by atoms with van der Waals surface area (Å²) in [5.74, 6) is -6.04. The molecule has 0 aromatic heterocycles. The predicted molar refractivity (Wildman–Crippen MR) is 102 cm³/mol. The number of hydrogen-bond acceptors (Lipinski definition) is 3. The summed E-state index contributed by atoms with van der Waals surface area (Å²) in [7, 11) is 0. The summed E-state index contributed by atoms with van der Waals surface area (Å²) in [5, 5.41) is 19.7. The van der Waals surface area contributed by atoms with Crippen molar-refractivity contribution in [1.82, 2.24) is 5.32 Å². The van der Waals surface area contributed by atoms with E-state index in [2.05, 4.69) is 5.32 Å². The number of hydrogen-bond donors (Lipinski definition) is 3. The van der Waals surface area contributed by atoms with Crippen LogP contribution in [0.2, 0.25) is 0 Å². The van der Waals surface area contributed by atoms with Gasteiger partial charge in [0.25, 0.3) is 0 Å². The van der Waals surface area contributed by atoms with E-state index >= 15 is 0 Å². The lowest BCUT2D eigenvalue weighted by molar-refractivity contribution is -0.161. The fraction of sp³-hybridized carbons (Fsp3) is 0.286. The summed E-state index contributed by atoms with van der Waals surface area (Å²) < 4.78 is 41.6. The first-order valence-electron chi connectivity index (χ1n) is 9.03. The Balaban J connectivity index is 2.33. The molecule has 0 heterocycles. The van der Waals surface area contributed by atoms with E-state index in [4.69, 9.17) is 10.2 Å². The van der Waals surface area contributed by atoms with E-state index in [-0.39, 0.29) is 5.56 Å². The molecule has 3 N–H and O–H groups in total. The van der Waals surface area contributed by atoms with E-state index in [9.17, 15) is 27.6 Å². The van der Waals surface area contributed by atoms with Crippen LogP contribution in [0.1, 0.15) is 30.7 Å². The van der Waals surface area contributed by atoms with Gasteiger partial charge in [0.05, 0.1) is 18.9 Å².